The Balaban J connectivity index is 1.48. The zero-order valence-electron chi connectivity index (χ0n) is 16.0. The molecule has 2 heterocycles. The minimum Gasteiger partial charge on any atom is -0.465 e. The normalized spacial score (nSPS) is 12.8. The number of esters is 1. The van der Waals surface area contributed by atoms with E-state index in [1.807, 2.05) is 18.2 Å². The van der Waals surface area contributed by atoms with Gasteiger partial charge in [0.25, 0.3) is 5.91 Å². The zero-order chi connectivity index (χ0) is 20.2. The highest BCUT2D eigenvalue weighted by Gasteiger charge is 2.22. The summed E-state index contributed by atoms with van der Waals surface area (Å²) < 4.78 is 4.79. The van der Waals surface area contributed by atoms with Crippen LogP contribution < -0.4 is 5.32 Å². The second-order valence-electron chi connectivity index (χ2n) is 6.71. The molecule has 3 aromatic rings. The molecule has 0 unspecified atom stereocenters. The fraction of sp³-hybridized carbons (Fsp3) is 0.182. The van der Waals surface area contributed by atoms with Crippen LogP contribution in [0.3, 0.4) is 0 Å². The highest BCUT2D eigenvalue weighted by atomic mass is 16.5. The van der Waals surface area contributed by atoms with Crippen molar-refractivity contribution in [2.24, 2.45) is 0 Å². The predicted octanol–water partition coefficient (Wildman–Crippen LogP) is 3.21. The molecular weight excluding hydrogens is 368 g/mol. The number of carbonyl (C=O) groups excluding carboxylic acids is 2. The van der Waals surface area contributed by atoms with Crippen LogP contribution in [0.1, 0.15) is 32.0 Å². The summed E-state index contributed by atoms with van der Waals surface area (Å²) in [4.78, 5) is 26.5. The third kappa shape index (κ3) is 3.94. The minimum atomic E-state index is -0.446. The van der Waals surface area contributed by atoms with E-state index >= 15 is 0 Å². The van der Waals surface area contributed by atoms with Gasteiger partial charge in [0, 0.05) is 13.1 Å². The summed E-state index contributed by atoms with van der Waals surface area (Å²) in [6.45, 7) is 1.23. The van der Waals surface area contributed by atoms with Crippen molar-refractivity contribution in [3.8, 4) is 0 Å². The molecule has 0 fully saturated rings. The number of hydrogen-bond donors (Lipinski definition) is 1. The van der Waals surface area contributed by atoms with E-state index in [0.29, 0.717) is 30.2 Å². The number of aromatic nitrogens is 2. The Hall–Kier alpha value is -3.74. The monoisotopic (exact) mass is 388 g/mol. The molecule has 2 aromatic carbocycles. The summed E-state index contributed by atoms with van der Waals surface area (Å²) in [7, 11) is 1.33. The van der Waals surface area contributed by atoms with E-state index in [-0.39, 0.29) is 11.6 Å². The van der Waals surface area contributed by atoms with Gasteiger partial charge in [-0.3, -0.25) is 4.79 Å². The largest absolute Gasteiger partial charge is 0.465 e. The first-order chi connectivity index (χ1) is 14.2. The number of fused-ring (bicyclic) bond motifs is 1. The molecule has 146 valence electrons. The molecule has 0 aliphatic carbocycles. The number of ether oxygens (including phenoxy) is 1. The van der Waals surface area contributed by atoms with Crippen LogP contribution in [0.4, 0.5) is 11.5 Å². The first-order valence-corrected chi connectivity index (χ1v) is 9.30. The van der Waals surface area contributed by atoms with Crippen LogP contribution in [0.2, 0.25) is 0 Å². The molecule has 0 bridgehead atoms. The third-order valence-corrected chi connectivity index (χ3v) is 4.90. The van der Waals surface area contributed by atoms with Crippen molar-refractivity contribution in [2.45, 2.75) is 13.0 Å². The number of carbonyl (C=O) groups is 2. The van der Waals surface area contributed by atoms with Gasteiger partial charge < -0.3 is 15.0 Å². The summed E-state index contributed by atoms with van der Waals surface area (Å²) in [6, 6.07) is 18.4. The second-order valence-corrected chi connectivity index (χ2v) is 6.71. The Kier molecular flexibility index (Phi) is 5.20. The highest BCUT2D eigenvalue weighted by Crippen LogP contribution is 2.22. The number of amides is 1. The number of para-hydroxylation sites is 1. The Morgan fingerprint density at radius 3 is 2.48 bits per heavy atom. The van der Waals surface area contributed by atoms with Crippen molar-refractivity contribution in [2.75, 3.05) is 19.0 Å². The molecule has 0 radical (unpaired) electrons. The first-order valence-electron chi connectivity index (χ1n) is 9.30. The fourth-order valence-corrected chi connectivity index (χ4v) is 3.36. The average Bonchev–Trinajstić information content (AvgIpc) is 2.78. The van der Waals surface area contributed by atoms with E-state index in [0.717, 1.165) is 12.0 Å². The standard InChI is InChI=1S/C22H20N4O3/c1-29-22(28)17-8-4-5-9-18(17)23-20-11-10-19(24-25-20)21(27)26-13-12-15-6-2-3-7-16(15)14-26/h2-11H,12-14H2,1H3,(H,23,25). The van der Waals surface area contributed by atoms with Gasteiger partial charge >= 0.3 is 5.97 Å². The van der Waals surface area contributed by atoms with Crippen LogP contribution in [-0.2, 0) is 17.7 Å². The molecule has 7 heteroatoms. The van der Waals surface area contributed by atoms with Crippen LogP contribution in [0, 0.1) is 0 Å². The number of rotatable bonds is 4. The van der Waals surface area contributed by atoms with Crippen LogP contribution in [0.5, 0.6) is 0 Å². The van der Waals surface area contributed by atoms with Gasteiger partial charge in [0.1, 0.15) is 0 Å². The molecule has 1 aliphatic rings. The summed E-state index contributed by atoms with van der Waals surface area (Å²) in [5, 5.41) is 11.2. The summed E-state index contributed by atoms with van der Waals surface area (Å²) in [6.07, 6.45) is 0.833. The maximum absolute atomic E-state index is 12.8. The molecule has 1 amide bonds. The van der Waals surface area contributed by atoms with Crippen molar-refractivity contribution >= 4 is 23.4 Å². The lowest BCUT2D eigenvalue weighted by Crippen LogP contribution is -2.36. The molecule has 7 nitrogen and oxygen atoms in total. The molecule has 0 spiro atoms. The van der Waals surface area contributed by atoms with E-state index in [9.17, 15) is 9.59 Å². The van der Waals surface area contributed by atoms with E-state index in [1.165, 1.54) is 12.7 Å². The van der Waals surface area contributed by atoms with Crippen molar-refractivity contribution in [1.82, 2.24) is 15.1 Å². The number of methoxy groups -OCH3 is 1. The SMILES string of the molecule is COC(=O)c1ccccc1Nc1ccc(C(=O)N2CCc3ccccc3C2)nn1. The maximum Gasteiger partial charge on any atom is 0.339 e. The third-order valence-electron chi connectivity index (χ3n) is 4.90. The van der Waals surface area contributed by atoms with E-state index < -0.39 is 5.97 Å². The van der Waals surface area contributed by atoms with Gasteiger partial charge in [-0.2, -0.15) is 0 Å². The summed E-state index contributed by atoms with van der Waals surface area (Å²) >= 11 is 0. The first kappa shape index (κ1) is 18.6. The van der Waals surface area contributed by atoms with Crippen molar-refractivity contribution in [3.63, 3.8) is 0 Å². The fourth-order valence-electron chi connectivity index (χ4n) is 3.36. The molecule has 0 atom stereocenters. The van der Waals surface area contributed by atoms with Crippen molar-refractivity contribution in [1.29, 1.82) is 0 Å². The minimum absolute atomic E-state index is 0.145. The smallest absolute Gasteiger partial charge is 0.339 e. The Morgan fingerprint density at radius 1 is 0.966 bits per heavy atom. The number of anilines is 2. The molecular formula is C22H20N4O3. The van der Waals surface area contributed by atoms with Crippen LogP contribution in [0.25, 0.3) is 0 Å². The molecule has 1 aliphatic heterocycles. The number of nitrogens with one attached hydrogen (secondary N) is 1. The van der Waals surface area contributed by atoms with E-state index in [2.05, 4.69) is 21.6 Å². The molecule has 1 aromatic heterocycles. The lowest BCUT2D eigenvalue weighted by Gasteiger charge is -2.28. The van der Waals surface area contributed by atoms with Crippen LogP contribution >= 0.6 is 0 Å². The number of benzene rings is 2. The van der Waals surface area contributed by atoms with Gasteiger partial charge in [-0.05, 0) is 41.8 Å². The zero-order valence-corrected chi connectivity index (χ0v) is 16.0. The lowest BCUT2D eigenvalue weighted by atomic mass is 10.00. The Bertz CT molecular complexity index is 1050. The molecule has 4 rings (SSSR count). The summed E-state index contributed by atoms with van der Waals surface area (Å²) in [5.41, 5.74) is 3.68. The number of nitrogens with zero attached hydrogens (tertiary/aromatic N) is 3. The maximum atomic E-state index is 12.8. The molecule has 29 heavy (non-hydrogen) atoms. The van der Waals surface area contributed by atoms with Gasteiger partial charge in [-0.15, -0.1) is 10.2 Å². The topological polar surface area (TPSA) is 84.4 Å². The Morgan fingerprint density at radius 2 is 1.72 bits per heavy atom. The van der Waals surface area contributed by atoms with Gasteiger partial charge in [0.2, 0.25) is 0 Å². The predicted molar refractivity (Wildman–Crippen MR) is 108 cm³/mol. The van der Waals surface area contributed by atoms with E-state index in [4.69, 9.17) is 4.74 Å². The molecule has 0 saturated carbocycles. The Labute approximate surface area is 168 Å². The quantitative estimate of drug-likeness (QED) is 0.691. The lowest BCUT2D eigenvalue weighted by molar-refractivity contribution is 0.0601. The summed E-state index contributed by atoms with van der Waals surface area (Å²) in [5.74, 6) is -0.159. The van der Waals surface area contributed by atoms with Crippen molar-refractivity contribution in [3.05, 3.63) is 83.0 Å². The molecule has 1 N–H and O–H groups in total. The second kappa shape index (κ2) is 8.10. The number of hydrogen-bond acceptors (Lipinski definition) is 6. The van der Waals surface area contributed by atoms with Gasteiger partial charge in [0.15, 0.2) is 11.5 Å². The van der Waals surface area contributed by atoms with Crippen molar-refractivity contribution < 1.29 is 14.3 Å². The van der Waals surface area contributed by atoms with E-state index in [1.54, 1.807) is 41.3 Å². The van der Waals surface area contributed by atoms with Crippen LogP contribution in [0.15, 0.2) is 60.7 Å². The van der Waals surface area contributed by atoms with Gasteiger partial charge in [-0.25, -0.2) is 4.79 Å². The average molecular weight is 388 g/mol. The highest BCUT2D eigenvalue weighted by molar-refractivity contribution is 5.96. The van der Waals surface area contributed by atoms with Gasteiger partial charge in [-0.1, -0.05) is 36.4 Å². The molecule has 0 saturated heterocycles. The van der Waals surface area contributed by atoms with Crippen LogP contribution in [-0.4, -0.2) is 40.6 Å². The van der Waals surface area contributed by atoms with Gasteiger partial charge in [0.05, 0.1) is 18.4 Å².